The molecule has 0 spiro atoms. The van der Waals surface area contributed by atoms with Crippen LogP contribution in [0.5, 0.6) is 5.75 Å². The molecule has 0 bridgehead atoms. The van der Waals surface area contributed by atoms with E-state index in [-0.39, 0.29) is 0 Å². The third kappa shape index (κ3) is 3.06. The minimum atomic E-state index is 0.408. The van der Waals surface area contributed by atoms with E-state index in [1.54, 1.807) is 7.11 Å². The summed E-state index contributed by atoms with van der Waals surface area (Å²) in [5.41, 5.74) is 9.92. The lowest BCUT2D eigenvalue weighted by atomic mass is 9.87. The predicted octanol–water partition coefficient (Wildman–Crippen LogP) is 4.07. The van der Waals surface area contributed by atoms with Crippen LogP contribution in [0.4, 0.5) is 0 Å². The van der Waals surface area contributed by atoms with Crippen molar-refractivity contribution in [2.24, 2.45) is 5.73 Å². The fourth-order valence-electron chi connectivity index (χ4n) is 3.18. The highest BCUT2D eigenvalue weighted by atomic mass is 35.5. The average molecular weight is 282 g/mol. The molecule has 0 aliphatic heterocycles. The molecule has 0 aromatic heterocycles. The number of fused-ring (bicyclic) bond motifs is 1. The Morgan fingerprint density at radius 3 is 2.74 bits per heavy atom. The quantitative estimate of drug-likeness (QED) is 0.845. The average Bonchev–Trinajstić information content (AvgIpc) is 2.62. The van der Waals surface area contributed by atoms with Crippen molar-refractivity contribution in [2.75, 3.05) is 13.7 Å². The molecule has 0 heterocycles. The minimum Gasteiger partial charge on any atom is -0.495 e. The molecule has 0 saturated carbocycles. The number of nitrogens with two attached hydrogens (primary N) is 1. The molecule has 0 fully saturated rings. The topological polar surface area (TPSA) is 35.2 Å². The second-order valence-electron chi connectivity index (χ2n) is 5.48. The maximum absolute atomic E-state index is 6.41. The van der Waals surface area contributed by atoms with Crippen LogP contribution in [-0.4, -0.2) is 13.7 Å². The van der Waals surface area contributed by atoms with Crippen LogP contribution in [0.15, 0.2) is 6.07 Å². The number of rotatable bonds is 4. The van der Waals surface area contributed by atoms with Gasteiger partial charge in [0, 0.05) is 5.56 Å². The van der Waals surface area contributed by atoms with Crippen LogP contribution in [0.25, 0.3) is 0 Å². The summed E-state index contributed by atoms with van der Waals surface area (Å²) in [7, 11) is 1.71. The van der Waals surface area contributed by atoms with Crippen LogP contribution < -0.4 is 10.5 Å². The van der Waals surface area contributed by atoms with E-state index < -0.39 is 0 Å². The van der Waals surface area contributed by atoms with E-state index in [0.717, 1.165) is 30.0 Å². The summed E-state index contributed by atoms with van der Waals surface area (Å²) in [6.07, 6.45) is 7.09. The van der Waals surface area contributed by atoms with Gasteiger partial charge in [0.15, 0.2) is 0 Å². The second-order valence-corrected chi connectivity index (χ2v) is 5.89. The summed E-state index contributed by atoms with van der Waals surface area (Å²) in [5.74, 6) is 1.27. The highest BCUT2D eigenvalue weighted by Gasteiger charge is 2.22. The van der Waals surface area contributed by atoms with Gasteiger partial charge in [-0.3, -0.25) is 0 Å². The zero-order valence-electron chi connectivity index (χ0n) is 12.0. The van der Waals surface area contributed by atoms with Crippen LogP contribution >= 0.6 is 11.6 Å². The Morgan fingerprint density at radius 2 is 2.05 bits per heavy atom. The van der Waals surface area contributed by atoms with Crippen LogP contribution in [0, 0.1) is 0 Å². The smallest absolute Gasteiger partial charge is 0.141 e. The van der Waals surface area contributed by atoms with Crippen molar-refractivity contribution in [3.8, 4) is 5.75 Å². The molecule has 1 aliphatic carbocycles. The molecule has 3 heteroatoms. The Bertz CT molecular complexity index is 445. The van der Waals surface area contributed by atoms with Crippen molar-refractivity contribution < 1.29 is 4.74 Å². The highest BCUT2D eigenvalue weighted by molar-refractivity contribution is 6.32. The van der Waals surface area contributed by atoms with Gasteiger partial charge in [-0.15, -0.1) is 0 Å². The van der Waals surface area contributed by atoms with Crippen LogP contribution in [0.1, 0.15) is 55.2 Å². The van der Waals surface area contributed by atoms with Crippen molar-refractivity contribution in [2.45, 2.75) is 51.4 Å². The number of hydrogen-bond acceptors (Lipinski definition) is 2. The summed E-state index contributed by atoms with van der Waals surface area (Å²) in [4.78, 5) is 0. The molecular formula is C16H24ClNO. The van der Waals surface area contributed by atoms with E-state index in [9.17, 15) is 0 Å². The first-order valence-corrected chi connectivity index (χ1v) is 7.65. The van der Waals surface area contributed by atoms with Crippen LogP contribution in [0.3, 0.4) is 0 Å². The Morgan fingerprint density at radius 1 is 1.32 bits per heavy atom. The normalized spacial score (nSPS) is 16.6. The second kappa shape index (κ2) is 6.62. The first-order valence-electron chi connectivity index (χ1n) is 7.27. The highest BCUT2D eigenvalue weighted by Crippen LogP contribution is 2.41. The molecular weight excluding hydrogens is 258 g/mol. The molecule has 1 aromatic carbocycles. The van der Waals surface area contributed by atoms with Gasteiger partial charge < -0.3 is 10.5 Å². The molecule has 0 amide bonds. The monoisotopic (exact) mass is 281 g/mol. The lowest BCUT2D eigenvalue weighted by molar-refractivity contribution is 0.404. The maximum atomic E-state index is 6.41. The third-order valence-corrected chi connectivity index (χ3v) is 4.43. The summed E-state index contributed by atoms with van der Waals surface area (Å²) in [6, 6.07) is 2.11. The first-order chi connectivity index (χ1) is 9.19. The molecule has 19 heavy (non-hydrogen) atoms. The van der Waals surface area contributed by atoms with Gasteiger partial charge in [0.1, 0.15) is 5.75 Å². The van der Waals surface area contributed by atoms with Gasteiger partial charge in [0.05, 0.1) is 12.1 Å². The van der Waals surface area contributed by atoms with Crippen molar-refractivity contribution in [3.05, 3.63) is 27.8 Å². The maximum Gasteiger partial charge on any atom is 0.141 e. The summed E-state index contributed by atoms with van der Waals surface area (Å²) in [6.45, 7) is 2.93. The molecule has 1 aromatic rings. The number of halogens is 1. The zero-order valence-corrected chi connectivity index (χ0v) is 12.7. The van der Waals surface area contributed by atoms with Crippen molar-refractivity contribution in [3.63, 3.8) is 0 Å². The first kappa shape index (κ1) is 14.7. The standard InChI is InChI=1S/C16H24ClNO/c1-11(8-9-18)15-13-7-5-3-4-6-12(13)10-14(17)16(15)19-2/h10-11H,3-9,18H2,1-2H3. The van der Waals surface area contributed by atoms with E-state index in [1.165, 1.54) is 36.0 Å². The van der Waals surface area contributed by atoms with E-state index >= 15 is 0 Å². The number of methoxy groups -OCH3 is 1. The van der Waals surface area contributed by atoms with Gasteiger partial charge in [-0.2, -0.15) is 0 Å². The van der Waals surface area contributed by atoms with Crippen LogP contribution in [-0.2, 0) is 12.8 Å². The molecule has 1 atom stereocenters. The fourth-order valence-corrected chi connectivity index (χ4v) is 3.49. The molecule has 2 N–H and O–H groups in total. The van der Waals surface area contributed by atoms with Crippen molar-refractivity contribution >= 4 is 11.6 Å². The summed E-state index contributed by atoms with van der Waals surface area (Å²) < 4.78 is 5.58. The van der Waals surface area contributed by atoms with Crippen LogP contribution in [0.2, 0.25) is 5.02 Å². The largest absolute Gasteiger partial charge is 0.495 e. The van der Waals surface area contributed by atoms with Gasteiger partial charge in [0.25, 0.3) is 0 Å². The van der Waals surface area contributed by atoms with Crippen molar-refractivity contribution in [1.29, 1.82) is 0 Å². The van der Waals surface area contributed by atoms with Gasteiger partial charge in [-0.1, -0.05) is 24.9 Å². The van der Waals surface area contributed by atoms with E-state index in [2.05, 4.69) is 13.0 Å². The summed E-state index contributed by atoms with van der Waals surface area (Å²) >= 11 is 6.41. The SMILES string of the molecule is COc1c(Cl)cc2c(c1C(C)CCN)CCCCC2. The Kier molecular flexibility index (Phi) is 5.12. The Hall–Kier alpha value is -0.730. The number of benzene rings is 1. The Balaban J connectivity index is 2.54. The molecule has 1 aliphatic rings. The third-order valence-electron chi connectivity index (χ3n) is 4.14. The Labute approximate surface area is 121 Å². The number of ether oxygens (including phenoxy) is 1. The lowest BCUT2D eigenvalue weighted by Crippen LogP contribution is -2.10. The number of hydrogen-bond donors (Lipinski definition) is 1. The zero-order chi connectivity index (χ0) is 13.8. The lowest BCUT2D eigenvalue weighted by Gasteiger charge is -2.22. The van der Waals surface area contributed by atoms with Gasteiger partial charge in [-0.05, 0) is 61.8 Å². The van der Waals surface area contributed by atoms with Gasteiger partial charge in [0.2, 0.25) is 0 Å². The van der Waals surface area contributed by atoms with E-state index in [1.807, 2.05) is 0 Å². The van der Waals surface area contributed by atoms with Gasteiger partial charge >= 0.3 is 0 Å². The van der Waals surface area contributed by atoms with Gasteiger partial charge in [-0.25, -0.2) is 0 Å². The minimum absolute atomic E-state index is 0.408. The van der Waals surface area contributed by atoms with E-state index in [4.69, 9.17) is 22.1 Å². The van der Waals surface area contributed by atoms with E-state index in [0.29, 0.717) is 12.5 Å². The predicted molar refractivity (Wildman–Crippen MR) is 81.3 cm³/mol. The van der Waals surface area contributed by atoms with Crippen molar-refractivity contribution in [1.82, 2.24) is 0 Å². The molecule has 0 radical (unpaired) electrons. The fraction of sp³-hybridized carbons (Fsp3) is 0.625. The number of aryl methyl sites for hydroxylation is 1. The summed E-state index contributed by atoms with van der Waals surface area (Å²) in [5, 5.41) is 0.752. The molecule has 0 saturated heterocycles. The molecule has 1 unspecified atom stereocenters. The molecule has 2 rings (SSSR count). The molecule has 2 nitrogen and oxygen atoms in total. The molecule has 106 valence electrons.